The standard InChI is InChI=1S/C12H21NO5/c1-16-9-11(14)13(6-5-12(15)17-2)8-10-4-3-7-18-10/h10H,3-9H2,1-2H3/t10-/m0/s1. The van der Waals surface area contributed by atoms with Crippen LogP contribution in [0.25, 0.3) is 0 Å². The lowest BCUT2D eigenvalue weighted by Gasteiger charge is -2.24. The zero-order valence-electron chi connectivity index (χ0n) is 11.0. The molecule has 1 aliphatic heterocycles. The van der Waals surface area contributed by atoms with Gasteiger partial charge in [0.15, 0.2) is 0 Å². The maximum Gasteiger partial charge on any atom is 0.307 e. The number of hydrogen-bond donors (Lipinski definition) is 0. The topological polar surface area (TPSA) is 65.1 Å². The monoisotopic (exact) mass is 259 g/mol. The Morgan fingerprint density at radius 1 is 1.39 bits per heavy atom. The van der Waals surface area contributed by atoms with Crippen LogP contribution in [0.2, 0.25) is 0 Å². The van der Waals surface area contributed by atoms with Crippen molar-refractivity contribution >= 4 is 11.9 Å². The average molecular weight is 259 g/mol. The molecule has 0 aromatic heterocycles. The zero-order valence-corrected chi connectivity index (χ0v) is 11.0. The third-order valence-electron chi connectivity index (χ3n) is 2.88. The van der Waals surface area contributed by atoms with Crippen LogP contribution in [0.3, 0.4) is 0 Å². The van der Waals surface area contributed by atoms with Crippen molar-refractivity contribution in [3.05, 3.63) is 0 Å². The molecule has 1 rings (SSSR count). The Hall–Kier alpha value is -1.14. The van der Waals surface area contributed by atoms with Gasteiger partial charge in [-0.15, -0.1) is 0 Å². The Balaban J connectivity index is 2.44. The van der Waals surface area contributed by atoms with E-state index in [1.54, 1.807) is 4.90 Å². The summed E-state index contributed by atoms with van der Waals surface area (Å²) in [7, 11) is 2.81. The molecule has 1 aliphatic rings. The Labute approximate surface area is 107 Å². The van der Waals surface area contributed by atoms with Crippen molar-refractivity contribution in [3.8, 4) is 0 Å². The van der Waals surface area contributed by atoms with Gasteiger partial charge < -0.3 is 19.1 Å². The van der Waals surface area contributed by atoms with Crippen LogP contribution in [0.5, 0.6) is 0 Å². The molecule has 1 heterocycles. The van der Waals surface area contributed by atoms with Crippen molar-refractivity contribution in [2.75, 3.05) is 40.5 Å². The summed E-state index contributed by atoms with van der Waals surface area (Å²) in [5.41, 5.74) is 0. The highest BCUT2D eigenvalue weighted by Gasteiger charge is 2.22. The second-order valence-electron chi connectivity index (χ2n) is 4.23. The number of ether oxygens (including phenoxy) is 3. The fraction of sp³-hybridized carbons (Fsp3) is 0.833. The molecular formula is C12H21NO5. The van der Waals surface area contributed by atoms with Crippen LogP contribution in [-0.4, -0.2) is 63.4 Å². The maximum absolute atomic E-state index is 11.8. The van der Waals surface area contributed by atoms with Crippen molar-refractivity contribution in [2.24, 2.45) is 0 Å². The van der Waals surface area contributed by atoms with E-state index in [1.165, 1.54) is 14.2 Å². The largest absolute Gasteiger partial charge is 0.469 e. The molecule has 0 bridgehead atoms. The van der Waals surface area contributed by atoms with Crippen LogP contribution in [0.15, 0.2) is 0 Å². The van der Waals surface area contributed by atoms with Gasteiger partial charge in [-0.1, -0.05) is 0 Å². The van der Waals surface area contributed by atoms with Gasteiger partial charge >= 0.3 is 5.97 Å². The molecule has 0 aliphatic carbocycles. The summed E-state index contributed by atoms with van der Waals surface area (Å²) in [4.78, 5) is 24.5. The van der Waals surface area contributed by atoms with E-state index in [0.717, 1.165) is 19.4 Å². The number of carbonyl (C=O) groups excluding carboxylic acids is 2. The molecule has 1 saturated heterocycles. The summed E-state index contributed by atoms with van der Waals surface area (Å²) in [6.45, 7) is 1.62. The van der Waals surface area contributed by atoms with Gasteiger partial charge in [0, 0.05) is 26.8 Å². The predicted molar refractivity (Wildman–Crippen MR) is 64.1 cm³/mol. The number of hydrogen-bond acceptors (Lipinski definition) is 5. The van der Waals surface area contributed by atoms with E-state index >= 15 is 0 Å². The zero-order chi connectivity index (χ0) is 13.4. The molecule has 1 fully saturated rings. The highest BCUT2D eigenvalue weighted by Crippen LogP contribution is 2.13. The molecule has 0 spiro atoms. The van der Waals surface area contributed by atoms with E-state index < -0.39 is 0 Å². The van der Waals surface area contributed by atoms with Crippen LogP contribution in [-0.2, 0) is 23.8 Å². The van der Waals surface area contributed by atoms with Crippen molar-refractivity contribution in [2.45, 2.75) is 25.4 Å². The fourth-order valence-electron chi connectivity index (χ4n) is 1.90. The molecule has 0 aromatic rings. The molecule has 6 nitrogen and oxygen atoms in total. The molecule has 0 unspecified atom stereocenters. The summed E-state index contributed by atoms with van der Waals surface area (Å²) < 4.78 is 14.9. The summed E-state index contributed by atoms with van der Waals surface area (Å²) in [5.74, 6) is -0.450. The molecule has 0 N–H and O–H groups in total. The number of esters is 1. The van der Waals surface area contributed by atoms with Gasteiger partial charge in [-0.25, -0.2) is 0 Å². The van der Waals surface area contributed by atoms with Crippen molar-refractivity contribution in [3.63, 3.8) is 0 Å². The van der Waals surface area contributed by atoms with Gasteiger partial charge in [-0.2, -0.15) is 0 Å². The molecule has 1 amide bonds. The van der Waals surface area contributed by atoms with Crippen LogP contribution >= 0.6 is 0 Å². The summed E-state index contributed by atoms with van der Waals surface area (Å²) in [5, 5.41) is 0. The second kappa shape index (κ2) is 8.05. The number of nitrogens with zero attached hydrogens (tertiary/aromatic N) is 1. The van der Waals surface area contributed by atoms with Gasteiger partial charge in [0.25, 0.3) is 0 Å². The molecule has 0 aromatic carbocycles. The SMILES string of the molecule is COCC(=O)N(CCC(=O)OC)C[C@@H]1CCCO1. The van der Waals surface area contributed by atoms with Gasteiger partial charge in [-0.05, 0) is 12.8 Å². The lowest BCUT2D eigenvalue weighted by Crippen LogP contribution is -2.40. The van der Waals surface area contributed by atoms with Gasteiger partial charge in [-0.3, -0.25) is 9.59 Å². The molecule has 104 valence electrons. The van der Waals surface area contributed by atoms with Crippen LogP contribution < -0.4 is 0 Å². The number of amides is 1. The minimum absolute atomic E-state index is 0.0217. The smallest absolute Gasteiger partial charge is 0.307 e. The molecule has 6 heteroatoms. The Morgan fingerprint density at radius 2 is 2.17 bits per heavy atom. The first-order chi connectivity index (χ1) is 8.67. The predicted octanol–water partition coefficient (Wildman–Crippen LogP) is 0.204. The Bertz CT molecular complexity index is 276. The molecular weight excluding hydrogens is 238 g/mol. The molecule has 18 heavy (non-hydrogen) atoms. The summed E-state index contributed by atoms with van der Waals surface area (Å²) in [6.07, 6.45) is 2.24. The van der Waals surface area contributed by atoms with E-state index in [9.17, 15) is 9.59 Å². The third kappa shape index (κ3) is 5.01. The highest BCUT2D eigenvalue weighted by molar-refractivity contribution is 5.78. The quantitative estimate of drug-likeness (QED) is 0.611. The van der Waals surface area contributed by atoms with Crippen molar-refractivity contribution in [1.29, 1.82) is 0 Å². The lowest BCUT2D eigenvalue weighted by atomic mass is 10.2. The molecule has 1 atom stereocenters. The van der Waals surface area contributed by atoms with Crippen LogP contribution in [0, 0.1) is 0 Å². The van der Waals surface area contributed by atoms with Crippen LogP contribution in [0.1, 0.15) is 19.3 Å². The first-order valence-corrected chi connectivity index (χ1v) is 6.12. The highest BCUT2D eigenvalue weighted by atomic mass is 16.5. The van der Waals surface area contributed by atoms with E-state index in [0.29, 0.717) is 13.1 Å². The maximum atomic E-state index is 11.8. The normalized spacial score (nSPS) is 18.7. The number of methoxy groups -OCH3 is 2. The Kier molecular flexibility index (Phi) is 6.67. The second-order valence-corrected chi connectivity index (χ2v) is 4.23. The lowest BCUT2D eigenvalue weighted by molar-refractivity contribution is -0.143. The first-order valence-electron chi connectivity index (χ1n) is 6.12. The first kappa shape index (κ1) is 14.9. The van der Waals surface area contributed by atoms with E-state index in [-0.39, 0.29) is 31.0 Å². The number of carbonyl (C=O) groups is 2. The fourth-order valence-corrected chi connectivity index (χ4v) is 1.90. The van der Waals surface area contributed by atoms with E-state index in [2.05, 4.69) is 4.74 Å². The van der Waals surface area contributed by atoms with Gasteiger partial charge in [0.2, 0.25) is 5.91 Å². The van der Waals surface area contributed by atoms with Gasteiger partial charge in [0.1, 0.15) is 6.61 Å². The van der Waals surface area contributed by atoms with E-state index in [4.69, 9.17) is 9.47 Å². The van der Waals surface area contributed by atoms with Gasteiger partial charge in [0.05, 0.1) is 19.6 Å². The van der Waals surface area contributed by atoms with Crippen LogP contribution in [0.4, 0.5) is 0 Å². The third-order valence-corrected chi connectivity index (χ3v) is 2.88. The average Bonchev–Trinajstić information content (AvgIpc) is 2.87. The summed E-state index contributed by atoms with van der Waals surface area (Å²) in [6, 6.07) is 0. The van der Waals surface area contributed by atoms with Crippen molar-refractivity contribution < 1.29 is 23.8 Å². The minimum atomic E-state index is -0.322. The number of rotatable bonds is 7. The Morgan fingerprint density at radius 3 is 2.72 bits per heavy atom. The molecule has 0 saturated carbocycles. The molecule has 0 radical (unpaired) electrons. The minimum Gasteiger partial charge on any atom is -0.469 e. The van der Waals surface area contributed by atoms with E-state index in [1.807, 2.05) is 0 Å². The summed E-state index contributed by atoms with van der Waals surface area (Å²) >= 11 is 0. The van der Waals surface area contributed by atoms with Crippen molar-refractivity contribution in [1.82, 2.24) is 4.90 Å².